The van der Waals surface area contributed by atoms with Crippen LogP contribution in [0.4, 0.5) is 5.69 Å². The van der Waals surface area contributed by atoms with E-state index in [1.807, 2.05) is 24.3 Å². The van der Waals surface area contributed by atoms with Gasteiger partial charge in [-0.05, 0) is 39.7 Å². The number of halogens is 2. The van der Waals surface area contributed by atoms with Gasteiger partial charge in [0, 0.05) is 22.8 Å². The first-order chi connectivity index (χ1) is 9.11. The van der Waals surface area contributed by atoms with Crippen molar-refractivity contribution in [2.24, 2.45) is 10.7 Å². The fourth-order valence-corrected chi connectivity index (χ4v) is 2.89. The topological polar surface area (TPSA) is 58.6 Å². The number of nitrogens with two attached hydrogens (primary N) is 1. The van der Waals surface area contributed by atoms with E-state index < -0.39 is 0 Å². The molecule has 2 rings (SSSR count). The van der Waals surface area contributed by atoms with Crippen LogP contribution >= 0.6 is 31.9 Å². The lowest BCUT2D eigenvalue weighted by molar-refractivity contribution is 0.471. The summed E-state index contributed by atoms with van der Waals surface area (Å²) in [6, 6.07) is 11.2. The van der Waals surface area contributed by atoms with E-state index in [2.05, 4.69) is 36.9 Å². The smallest absolute Gasteiger partial charge is 0.138 e. The highest BCUT2D eigenvalue weighted by atomic mass is 79.9. The Bertz CT molecular complexity index is 627. The molecule has 2 aromatic rings. The Labute approximate surface area is 128 Å². The van der Waals surface area contributed by atoms with Crippen LogP contribution in [0, 0.1) is 0 Å². The Balaban J connectivity index is 2.38. The quantitative estimate of drug-likeness (QED) is 0.783. The molecule has 98 valence electrons. The van der Waals surface area contributed by atoms with Gasteiger partial charge in [-0.15, -0.1) is 0 Å². The summed E-state index contributed by atoms with van der Waals surface area (Å²) in [4.78, 5) is 4.38. The third-order valence-electron chi connectivity index (χ3n) is 2.61. The molecule has 0 aromatic heterocycles. The molecule has 0 aliphatic rings. The molecule has 3 N–H and O–H groups in total. The van der Waals surface area contributed by atoms with Crippen molar-refractivity contribution >= 4 is 43.8 Å². The molecule has 0 fully saturated rings. The lowest BCUT2D eigenvalue weighted by Gasteiger charge is -2.04. The predicted molar refractivity (Wildman–Crippen MR) is 85.1 cm³/mol. The fraction of sp³-hybridized carbons (Fsp3) is 0.0714. The molecule has 0 atom stereocenters. The summed E-state index contributed by atoms with van der Waals surface area (Å²) < 4.78 is 1.49. The van der Waals surface area contributed by atoms with Crippen LogP contribution in [0.15, 0.2) is 50.3 Å². The molecule has 0 heterocycles. The minimum Gasteiger partial charge on any atom is -0.506 e. The van der Waals surface area contributed by atoms with Gasteiger partial charge in [0.1, 0.15) is 5.75 Å². The molecule has 0 amide bonds. The maximum Gasteiger partial charge on any atom is 0.138 e. The van der Waals surface area contributed by atoms with Gasteiger partial charge in [0.2, 0.25) is 0 Å². The SMILES string of the molecule is NCc1ccccc1N=Cc1cc(Br)cc(Br)c1O. The number of phenolic OH excluding ortho intramolecular Hbond substituents is 1. The molecule has 0 aliphatic heterocycles. The number of aromatic hydroxyl groups is 1. The van der Waals surface area contributed by atoms with Crippen molar-refractivity contribution in [3.8, 4) is 5.75 Å². The van der Waals surface area contributed by atoms with E-state index >= 15 is 0 Å². The molecule has 0 saturated carbocycles. The number of hydrogen-bond donors (Lipinski definition) is 2. The number of rotatable bonds is 3. The van der Waals surface area contributed by atoms with Gasteiger partial charge in [0.25, 0.3) is 0 Å². The van der Waals surface area contributed by atoms with Crippen LogP contribution in [0.3, 0.4) is 0 Å². The normalized spacial score (nSPS) is 11.1. The number of nitrogens with zero attached hydrogens (tertiary/aromatic N) is 1. The van der Waals surface area contributed by atoms with Crippen LogP contribution in [0.5, 0.6) is 5.75 Å². The summed E-state index contributed by atoms with van der Waals surface area (Å²) >= 11 is 6.67. The van der Waals surface area contributed by atoms with Gasteiger partial charge in [-0.1, -0.05) is 34.1 Å². The number of phenols is 1. The number of aliphatic imine (C=N–C) groups is 1. The minimum absolute atomic E-state index is 0.164. The first kappa shape index (κ1) is 14.2. The van der Waals surface area contributed by atoms with Gasteiger partial charge in [-0.2, -0.15) is 0 Å². The summed E-state index contributed by atoms with van der Waals surface area (Å²) in [7, 11) is 0. The first-order valence-electron chi connectivity index (χ1n) is 5.62. The van der Waals surface area contributed by atoms with Crippen molar-refractivity contribution in [1.82, 2.24) is 0 Å². The van der Waals surface area contributed by atoms with E-state index in [9.17, 15) is 5.11 Å². The van der Waals surface area contributed by atoms with Crippen LogP contribution in [0.25, 0.3) is 0 Å². The van der Waals surface area contributed by atoms with Gasteiger partial charge in [-0.25, -0.2) is 0 Å². The van der Waals surface area contributed by atoms with E-state index in [1.165, 1.54) is 0 Å². The maximum absolute atomic E-state index is 9.94. The highest BCUT2D eigenvalue weighted by Crippen LogP contribution is 2.31. The zero-order valence-corrected chi connectivity index (χ0v) is 13.1. The minimum atomic E-state index is 0.164. The molecule has 0 aliphatic carbocycles. The third-order valence-corrected chi connectivity index (χ3v) is 3.67. The van der Waals surface area contributed by atoms with Crippen molar-refractivity contribution in [1.29, 1.82) is 0 Å². The summed E-state index contributed by atoms with van der Waals surface area (Å²) in [5.74, 6) is 0.164. The largest absolute Gasteiger partial charge is 0.506 e. The van der Waals surface area contributed by atoms with Crippen LogP contribution in [-0.4, -0.2) is 11.3 Å². The lowest BCUT2D eigenvalue weighted by atomic mass is 10.2. The Kier molecular flexibility index (Phi) is 4.74. The standard InChI is InChI=1S/C14H12Br2N2O/c15-11-5-10(14(19)12(16)6-11)8-18-13-4-2-1-3-9(13)7-17/h1-6,8,19H,7,17H2. The summed E-state index contributed by atoms with van der Waals surface area (Å²) in [6.45, 7) is 0.432. The Morgan fingerprint density at radius 2 is 1.95 bits per heavy atom. The summed E-state index contributed by atoms with van der Waals surface area (Å²) in [6.07, 6.45) is 1.62. The number of para-hydroxylation sites is 1. The molecule has 0 radical (unpaired) electrons. The van der Waals surface area contributed by atoms with Crippen molar-refractivity contribution in [3.05, 3.63) is 56.5 Å². The predicted octanol–water partition coefficient (Wildman–Crippen LogP) is 4.13. The molecule has 0 spiro atoms. The second kappa shape index (κ2) is 6.32. The molecular formula is C14H12Br2N2O. The Hall–Kier alpha value is -1.17. The molecular weight excluding hydrogens is 372 g/mol. The van der Waals surface area contributed by atoms with Gasteiger partial charge in [0.15, 0.2) is 0 Å². The van der Waals surface area contributed by atoms with E-state index in [0.717, 1.165) is 15.7 Å². The van der Waals surface area contributed by atoms with E-state index in [4.69, 9.17) is 5.73 Å². The van der Waals surface area contributed by atoms with Gasteiger partial charge < -0.3 is 10.8 Å². The lowest BCUT2D eigenvalue weighted by Crippen LogP contribution is -1.96. The average molecular weight is 384 g/mol. The van der Waals surface area contributed by atoms with Gasteiger partial charge in [-0.3, -0.25) is 4.99 Å². The molecule has 0 saturated heterocycles. The number of benzene rings is 2. The molecule has 5 heteroatoms. The second-order valence-electron chi connectivity index (χ2n) is 3.92. The molecule has 0 bridgehead atoms. The van der Waals surface area contributed by atoms with E-state index in [-0.39, 0.29) is 5.75 Å². The Morgan fingerprint density at radius 3 is 2.68 bits per heavy atom. The monoisotopic (exact) mass is 382 g/mol. The molecule has 0 unspecified atom stereocenters. The second-order valence-corrected chi connectivity index (χ2v) is 5.69. The average Bonchev–Trinajstić information content (AvgIpc) is 2.41. The molecule has 3 nitrogen and oxygen atoms in total. The van der Waals surface area contributed by atoms with Crippen LogP contribution in [-0.2, 0) is 6.54 Å². The first-order valence-corrected chi connectivity index (χ1v) is 7.20. The van der Waals surface area contributed by atoms with Crippen molar-refractivity contribution in [2.75, 3.05) is 0 Å². The van der Waals surface area contributed by atoms with Crippen molar-refractivity contribution in [2.45, 2.75) is 6.54 Å². The zero-order chi connectivity index (χ0) is 13.8. The van der Waals surface area contributed by atoms with Crippen molar-refractivity contribution < 1.29 is 5.11 Å². The highest BCUT2D eigenvalue weighted by molar-refractivity contribution is 9.11. The zero-order valence-electron chi connectivity index (χ0n) is 9.98. The van der Waals surface area contributed by atoms with Crippen LogP contribution in [0.1, 0.15) is 11.1 Å². The van der Waals surface area contributed by atoms with Gasteiger partial charge >= 0.3 is 0 Å². The van der Waals surface area contributed by atoms with E-state index in [0.29, 0.717) is 16.6 Å². The van der Waals surface area contributed by atoms with Crippen LogP contribution < -0.4 is 5.73 Å². The highest BCUT2D eigenvalue weighted by Gasteiger charge is 2.05. The fourth-order valence-electron chi connectivity index (χ4n) is 1.63. The molecule has 19 heavy (non-hydrogen) atoms. The van der Waals surface area contributed by atoms with E-state index in [1.54, 1.807) is 18.3 Å². The summed E-state index contributed by atoms with van der Waals surface area (Å²) in [5, 5.41) is 9.94. The molecule has 2 aromatic carbocycles. The van der Waals surface area contributed by atoms with Crippen molar-refractivity contribution in [3.63, 3.8) is 0 Å². The number of hydrogen-bond acceptors (Lipinski definition) is 3. The maximum atomic E-state index is 9.94. The summed E-state index contributed by atoms with van der Waals surface area (Å²) in [5.41, 5.74) is 8.06. The van der Waals surface area contributed by atoms with Crippen LogP contribution in [0.2, 0.25) is 0 Å². The van der Waals surface area contributed by atoms with Gasteiger partial charge in [0.05, 0.1) is 10.2 Å². The third kappa shape index (κ3) is 3.43. The Morgan fingerprint density at radius 1 is 1.21 bits per heavy atom.